The van der Waals surface area contributed by atoms with E-state index in [1.54, 1.807) is 13.3 Å². The first-order valence-electron chi connectivity index (χ1n) is 14.4. The van der Waals surface area contributed by atoms with Gasteiger partial charge in [0.15, 0.2) is 0 Å². The number of para-hydroxylation sites is 1. The highest BCUT2D eigenvalue weighted by Gasteiger charge is 2.40. The second kappa shape index (κ2) is 12.5. The molecule has 1 N–H and O–H groups in total. The van der Waals surface area contributed by atoms with Gasteiger partial charge in [0.1, 0.15) is 23.8 Å². The molecule has 1 fully saturated rings. The summed E-state index contributed by atoms with van der Waals surface area (Å²) in [6.45, 7) is 4.57. The van der Waals surface area contributed by atoms with E-state index >= 15 is 0 Å². The Morgan fingerprint density at radius 3 is 2.74 bits per heavy atom. The molecule has 42 heavy (non-hydrogen) atoms. The van der Waals surface area contributed by atoms with E-state index < -0.39 is 5.41 Å². The fraction of sp³-hybridized carbons (Fsp3) is 0.419. The minimum absolute atomic E-state index is 0.123. The van der Waals surface area contributed by atoms with Crippen LogP contribution in [0, 0.1) is 5.41 Å². The van der Waals surface area contributed by atoms with Gasteiger partial charge in [0, 0.05) is 37.0 Å². The van der Waals surface area contributed by atoms with Crippen molar-refractivity contribution < 1.29 is 14.3 Å². The van der Waals surface area contributed by atoms with E-state index in [1.807, 2.05) is 52.1 Å². The van der Waals surface area contributed by atoms with E-state index in [9.17, 15) is 4.79 Å². The highest BCUT2D eigenvalue weighted by Crippen LogP contribution is 2.38. The van der Waals surface area contributed by atoms with Crippen molar-refractivity contribution in [3.63, 3.8) is 0 Å². The maximum Gasteiger partial charge on any atom is 0.226 e. The number of nitrogens with zero attached hydrogens (tertiary/aromatic N) is 6. The molecule has 10 nitrogen and oxygen atoms in total. The molecule has 0 saturated carbocycles. The summed E-state index contributed by atoms with van der Waals surface area (Å²) in [4.78, 5) is 16.3. The summed E-state index contributed by atoms with van der Waals surface area (Å²) < 4.78 is 15.3. The predicted molar refractivity (Wildman–Crippen MR) is 158 cm³/mol. The van der Waals surface area contributed by atoms with E-state index in [0.29, 0.717) is 24.7 Å². The minimum Gasteiger partial charge on any atom is -0.496 e. The SMILES string of the molecule is COc1ccc(CN2CCC3(CCCn4cc(nn4)COc4ccccc4CNC3=O)CC2)cc1Cn1cc(Cl)cn1. The lowest BCUT2D eigenvalue weighted by Gasteiger charge is -2.41. The topological polar surface area (TPSA) is 99.3 Å². The smallest absolute Gasteiger partial charge is 0.226 e. The molecule has 2 aliphatic heterocycles. The van der Waals surface area contributed by atoms with E-state index in [0.717, 1.165) is 80.2 Å². The maximum atomic E-state index is 13.8. The lowest BCUT2D eigenvalue weighted by molar-refractivity contribution is -0.135. The third-order valence-electron chi connectivity index (χ3n) is 8.40. The summed E-state index contributed by atoms with van der Waals surface area (Å²) in [5.41, 5.74) is 3.58. The molecule has 6 rings (SSSR count). The second-order valence-electron chi connectivity index (χ2n) is 11.2. The van der Waals surface area contributed by atoms with E-state index in [2.05, 4.69) is 37.8 Å². The molecule has 4 heterocycles. The van der Waals surface area contributed by atoms with E-state index in [-0.39, 0.29) is 5.91 Å². The average molecular weight is 590 g/mol. The van der Waals surface area contributed by atoms with Crippen molar-refractivity contribution in [2.75, 3.05) is 20.2 Å². The van der Waals surface area contributed by atoms with Gasteiger partial charge in [0.25, 0.3) is 0 Å². The molecular weight excluding hydrogens is 554 g/mol. The van der Waals surface area contributed by atoms with Crippen molar-refractivity contribution in [1.82, 2.24) is 35.0 Å². The van der Waals surface area contributed by atoms with Gasteiger partial charge in [-0.15, -0.1) is 5.10 Å². The van der Waals surface area contributed by atoms with Crippen LogP contribution in [-0.2, 0) is 37.6 Å². The molecule has 0 atom stereocenters. The van der Waals surface area contributed by atoms with Crippen LogP contribution >= 0.6 is 11.6 Å². The molecule has 4 aromatic rings. The highest BCUT2D eigenvalue weighted by molar-refractivity contribution is 6.30. The number of piperidine rings is 1. The van der Waals surface area contributed by atoms with Gasteiger partial charge in [0.2, 0.25) is 5.91 Å². The zero-order valence-corrected chi connectivity index (χ0v) is 24.6. The molecule has 1 spiro atoms. The molecule has 2 aliphatic rings. The van der Waals surface area contributed by atoms with Gasteiger partial charge >= 0.3 is 0 Å². The molecule has 2 bridgehead atoms. The number of carbonyl (C=O) groups excluding carboxylic acids is 1. The van der Waals surface area contributed by atoms with Crippen molar-refractivity contribution in [3.8, 4) is 11.5 Å². The van der Waals surface area contributed by atoms with Crippen LogP contribution in [0.5, 0.6) is 11.5 Å². The number of hydrogen-bond acceptors (Lipinski definition) is 7. The summed E-state index contributed by atoms with van der Waals surface area (Å²) in [6.07, 6.45) is 8.64. The van der Waals surface area contributed by atoms with Crippen molar-refractivity contribution in [2.45, 2.75) is 58.5 Å². The standard InChI is InChI=1S/C31H36ClN7O3/c1-41-28-8-7-23(15-25(28)19-39-20-26(32)17-34-39)18-37-13-10-31(11-14-37)9-4-12-38-21-27(35-36-38)22-42-29-6-3-2-5-24(29)16-33-30(31)40/h2-3,5-8,15,17,20-21H,4,9-14,16,18-19,22H2,1H3,(H,33,40). The summed E-state index contributed by atoms with van der Waals surface area (Å²) in [6, 6.07) is 14.1. The summed E-state index contributed by atoms with van der Waals surface area (Å²) >= 11 is 6.07. The lowest BCUT2D eigenvalue weighted by Crippen LogP contribution is -2.48. The number of amides is 1. The second-order valence-corrected chi connectivity index (χ2v) is 11.7. The van der Waals surface area contributed by atoms with Gasteiger partial charge in [-0.1, -0.05) is 41.1 Å². The highest BCUT2D eigenvalue weighted by atomic mass is 35.5. The number of fused-ring (bicyclic) bond motifs is 3. The first-order chi connectivity index (χ1) is 20.5. The van der Waals surface area contributed by atoms with Gasteiger partial charge in [0.05, 0.1) is 36.5 Å². The van der Waals surface area contributed by atoms with Crippen LogP contribution in [-0.4, -0.2) is 55.8 Å². The van der Waals surface area contributed by atoms with Crippen LogP contribution < -0.4 is 14.8 Å². The number of ether oxygens (including phenoxy) is 2. The molecule has 0 radical (unpaired) electrons. The third kappa shape index (κ3) is 6.44. The zero-order valence-electron chi connectivity index (χ0n) is 23.8. The number of aryl methyl sites for hydroxylation is 1. The number of benzene rings is 2. The first-order valence-corrected chi connectivity index (χ1v) is 14.8. The molecule has 11 heteroatoms. The molecule has 1 saturated heterocycles. The largest absolute Gasteiger partial charge is 0.496 e. The Bertz CT molecular complexity index is 1530. The van der Waals surface area contributed by atoms with Crippen LogP contribution in [0.15, 0.2) is 61.1 Å². The maximum absolute atomic E-state index is 13.8. The summed E-state index contributed by atoms with van der Waals surface area (Å²) in [5, 5.41) is 16.7. The van der Waals surface area contributed by atoms with Crippen LogP contribution in [0.4, 0.5) is 0 Å². The third-order valence-corrected chi connectivity index (χ3v) is 8.59. The normalized spacial score (nSPS) is 17.6. The average Bonchev–Trinajstić information content (AvgIpc) is 3.64. The molecule has 1 amide bonds. The van der Waals surface area contributed by atoms with Crippen molar-refractivity contribution >= 4 is 17.5 Å². The van der Waals surface area contributed by atoms with E-state index in [1.165, 1.54) is 5.56 Å². The number of carbonyl (C=O) groups is 1. The Kier molecular flexibility index (Phi) is 8.43. The number of methoxy groups -OCH3 is 1. The summed E-state index contributed by atoms with van der Waals surface area (Å²) in [7, 11) is 1.68. The molecule has 2 aromatic carbocycles. The van der Waals surface area contributed by atoms with Crippen LogP contribution in [0.3, 0.4) is 0 Å². The lowest BCUT2D eigenvalue weighted by atomic mass is 9.73. The Morgan fingerprint density at radius 1 is 1.07 bits per heavy atom. The van der Waals surface area contributed by atoms with Gasteiger partial charge in [-0.05, 0) is 62.5 Å². The van der Waals surface area contributed by atoms with Gasteiger partial charge in [-0.25, -0.2) is 0 Å². The molecular formula is C31H36ClN7O3. The number of aromatic nitrogens is 5. The van der Waals surface area contributed by atoms with Crippen molar-refractivity contribution in [1.29, 1.82) is 0 Å². The first kappa shape index (κ1) is 28.2. The molecule has 220 valence electrons. The molecule has 0 aliphatic carbocycles. The Hall–Kier alpha value is -3.89. The van der Waals surface area contributed by atoms with Gasteiger partial charge in [-0.2, -0.15) is 5.10 Å². The minimum atomic E-state index is -0.426. The Labute approximate surface area is 250 Å². The fourth-order valence-corrected chi connectivity index (χ4v) is 6.20. The number of halogens is 1. The van der Waals surface area contributed by atoms with Crippen molar-refractivity contribution in [3.05, 3.63) is 88.5 Å². The summed E-state index contributed by atoms with van der Waals surface area (Å²) in [5.74, 6) is 1.70. The monoisotopic (exact) mass is 589 g/mol. The van der Waals surface area contributed by atoms with E-state index in [4.69, 9.17) is 21.1 Å². The van der Waals surface area contributed by atoms with Crippen molar-refractivity contribution in [2.24, 2.45) is 5.41 Å². The fourth-order valence-electron chi connectivity index (χ4n) is 6.04. The molecule has 0 unspecified atom stereocenters. The van der Waals surface area contributed by atoms with Gasteiger partial charge in [-0.3, -0.25) is 19.1 Å². The van der Waals surface area contributed by atoms with Crippen LogP contribution in [0.25, 0.3) is 0 Å². The quantitative estimate of drug-likeness (QED) is 0.367. The molecule has 2 aromatic heterocycles. The number of nitrogens with one attached hydrogen (secondary N) is 1. The number of rotatable bonds is 5. The predicted octanol–water partition coefficient (Wildman–Crippen LogP) is 4.46. The Balaban J connectivity index is 1.15. The van der Waals surface area contributed by atoms with Crippen LogP contribution in [0.1, 0.15) is 48.1 Å². The Morgan fingerprint density at radius 2 is 1.93 bits per heavy atom. The number of hydrogen-bond donors (Lipinski definition) is 1. The number of likely N-dealkylation sites (tertiary alicyclic amines) is 1. The van der Waals surface area contributed by atoms with Gasteiger partial charge < -0.3 is 14.8 Å². The zero-order chi connectivity index (χ0) is 28.9. The van der Waals surface area contributed by atoms with Crippen LogP contribution in [0.2, 0.25) is 5.02 Å².